The van der Waals surface area contributed by atoms with Gasteiger partial charge in [-0.05, 0) is 6.42 Å². The Morgan fingerprint density at radius 2 is 2.14 bits per heavy atom. The molecule has 78 valence electrons. The molecule has 1 aliphatic rings. The topological polar surface area (TPSA) is 109 Å². The molecule has 5 N–H and O–H groups in total. The summed E-state index contributed by atoms with van der Waals surface area (Å²) in [6, 6.07) is 0. The molecule has 0 atom stereocenters. The van der Waals surface area contributed by atoms with Crippen LogP contribution in [0.1, 0.15) is 6.42 Å². The molecule has 1 fully saturated rings. The van der Waals surface area contributed by atoms with Crippen molar-refractivity contribution in [1.29, 1.82) is 5.41 Å². The molecule has 0 bridgehead atoms. The average Bonchev–Trinajstić information content (AvgIpc) is 1.96. The van der Waals surface area contributed by atoms with Crippen LogP contribution >= 0.6 is 11.8 Å². The van der Waals surface area contributed by atoms with Crippen molar-refractivity contribution < 1.29 is 4.79 Å². The summed E-state index contributed by atoms with van der Waals surface area (Å²) in [7, 11) is 0. The fourth-order valence-electron chi connectivity index (χ4n) is 0.937. The highest BCUT2D eigenvalue weighted by atomic mass is 32.2. The Balaban J connectivity index is 2.22. The van der Waals surface area contributed by atoms with Gasteiger partial charge in [-0.2, -0.15) is 4.99 Å². The van der Waals surface area contributed by atoms with Gasteiger partial charge in [0.1, 0.15) is 0 Å². The summed E-state index contributed by atoms with van der Waals surface area (Å²) in [4.78, 5) is 16.6. The van der Waals surface area contributed by atoms with Crippen molar-refractivity contribution in [3.63, 3.8) is 0 Å². The van der Waals surface area contributed by atoms with Gasteiger partial charge in [0.25, 0.3) is 0 Å². The highest BCUT2D eigenvalue weighted by Gasteiger charge is 2.20. The van der Waals surface area contributed by atoms with Gasteiger partial charge in [0.05, 0.1) is 5.75 Å². The summed E-state index contributed by atoms with van der Waals surface area (Å²) in [5.41, 5.74) is 10.2. The summed E-state index contributed by atoms with van der Waals surface area (Å²) < 4.78 is 0. The lowest BCUT2D eigenvalue weighted by Crippen LogP contribution is -2.43. The molecule has 1 heterocycles. The zero-order valence-electron chi connectivity index (χ0n) is 7.69. The quantitative estimate of drug-likeness (QED) is 0.412. The maximum Gasteiger partial charge on any atom is 0.233 e. The number of nitrogens with two attached hydrogens (primary N) is 2. The van der Waals surface area contributed by atoms with Gasteiger partial charge in [0, 0.05) is 13.1 Å². The number of thioether (sulfide) groups is 1. The van der Waals surface area contributed by atoms with Crippen molar-refractivity contribution in [2.75, 3.05) is 18.8 Å². The lowest BCUT2D eigenvalue weighted by Gasteiger charge is -2.30. The molecule has 1 amide bonds. The molecule has 1 aliphatic heterocycles. The second kappa shape index (κ2) is 4.85. The smallest absolute Gasteiger partial charge is 0.233 e. The minimum absolute atomic E-state index is 0.0288. The average molecular weight is 215 g/mol. The molecule has 0 aromatic heterocycles. The Bertz CT molecular complexity index is 269. The Morgan fingerprint density at radius 3 is 2.57 bits per heavy atom. The number of hydrogen-bond acceptors (Lipinski definition) is 3. The van der Waals surface area contributed by atoms with Crippen LogP contribution in [0.15, 0.2) is 4.99 Å². The number of carbonyl (C=O) groups excluding carboxylic acids is 1. The van der Waals surface area contributed by atoms with Crippen LogP contribution in [0.25, 0.3) is 0 Å². The number of hydrogen-bond donors (Lipinski definition) is 3. The van der Waals surface area contributed by atoms with Crippen molar-refractivity contribution in [3.8, 4) is 0 Å². The van der Waals surface area contributed by atoms with E-state index in [-0.39, 0.29) is 22.8 Å². The first-order valence-electron chi connectivity index (χ1n) is 4.18. The predicted octanol–water partition coefficient (Wildman–Crippen LogP) is -0.840. The molecule has 1 rings (SSSR count). The Kier molecular flexibility index (Phi) is 3.75. The Labute approximate surface area is 86.2 Å². The zero-order chi connectivity index (χ0) is 10.6. The van der Waals surface area contributed by atoms with Gasteiger partial charge in [-0.15, -0.1) is 0 Å². The molecule has 14 heavy (non-hydrogen) atoms. The standard InChI is InChI=1S/C7H13N5OS/c8-6(9)11-7(10)14-4-5(13)12-2-1-3-12/h1-4H2,(H5,8,9,10,11). The number of likely N-dealkylation sites (tertiary alicyclic amines) is 1. The first-order chi connectivity index (χ1) is 6.59. The van der Waals surface area contributed by atoms with Crippen molar-refractivity contribution in [2.45, 2.75) is 6.42 Å². The minimum atomic E-state index is -0.154. The third-order valence-corrected chi connectivity index (χ3v) is 2.53. The van der Waals surface area contributed by atoms with Crippen molar-refractivity contribution in [2.24, 2.45) is 16.5 Å². The van der Waals surface area contributed by atoms with Gasteiger partial charge < -0.3 is 16.4 Å². The molecule has 0 saturated carbocycles. The summed E-state index contributed by atoms with van der Waals surface area (Å²) in [5.74, 6) is 0.117. The predicted molar refractivity (Wildman–Crippen MR) is 57.2 cm³/mol. The number of nitrogens with one attached hydrogen (secondary N) is 1. The molecule has 0 aromatic rings. The molecular weight excluding hydrogens is 202 g/mol. The van der Waals surface area contributed by atoms with Crippen molar-refractivity contribution in [1.82, 2.24) is 4.90 Å². The Hall–Kier alpha value is -1.24. The highest BCUT2D eigenvalue weighted by Crippen LogP contribution is 2.10. The second-order valence-corrected chi connectivity index (χ2v) is 3.83. The van der Waals surface area contributed by atoms with E-state index < -0.39 is 0 Å². The van der Waals surface area contributed by atoms with E-state index in [9.17, 15) is 4.79 Å². The molecule has 1 saturated heterocycles. The maximum atomic E-state index is 11.3. The molecule has 0 aromatic carbocycles. The monoisotopic (exact) mass is 215 g/mol. The SMILES string of the molecule is N=C(N=C(N)N)SCC(=O)N1CCC1. The number of aliphatic imine (C=N–C) groups is 1. The van der Waals surface area contributed by atoms with Crippen LogP contribution in [-0.4, -0.2) is 40.8 Å². The van der Waals surface area contributed by atoms with E-state index >= 15 is 0 Å². The third-order valence-electron chi connectivity index (χ3n) is 1.77. The molecule has 0 aliphatic carbocycles. The van der Waals surface area contributed by atoms with E-state index in [0.29, 0.717) is 0 Å². The van der Waals surface area contributed by atoms with E-state index in [0.717, 1.165) is 31.3 Å². The molecule has 0 spiro atoms. The highest BCUT2D eigenvalue weighted by molar-refractivity contribution is 8.14. The molecular formula is C7H13N5OS. The number of carbonyl (C=O) groups is 1. The van der Waals surface area contributed by atoms with E-state index in [1.165, 1.54) is 0 Å². The number of amides is 1. The lowest BCUT2D eigenvalue weighted by molar-refractivity contribution is -0.131. The summed E-state index contributed by atoms with van der Waals surface area (Å²) in [5, 5.41) is 7.24. The number of rotatable bonds is 2. The second-order valence-electron chi connectivity index (χ2n) is 2.86. The van der Waals surface area contributed by atoms with E-state index in [1.807, 2.05) is 0 Å². The summed E-state index contributed by atoms with van der Waals surface area (Å²) in [6.45, 7) is 1.66. The van der Waals surface area contributed by atoms with Crippen LogP contribution < -0.4 is 11.5 Å². The fourth-order valence-corrected chi connectivity index (χ4v) is 1.55. The minimum Gasteiger partial charge on any atom is -0.370 e. The lowest BCUT2D eigenvalue weighted by atomic mass is 10.2. The summed E-state index contributed by atoms with van der Waals surface area (Å²) in [6.07, 6.45) is 1.07. The Morgan fingerprint density at radius 1 is 1.50 bits per heavy atom. The van der Waals surface area contributed by atoms with Crippen molar-refractivity contribution >= 4 is 28.8 Å². The zero-order valence-corrected chi connectivity index (χ0v) is 8.51. The number of guanidine groups is 1. The molecule has 0 unspecified atom stereocenters. The van der Waals surface area contributed by atoms with Gasteiger partial charge in [0.2, 0.25) is 5.91 Å². The molecule has 0 radical (unpaired) electrons. The van der Waals surface area contributed by atoms with E-state index in [1.54, 1.807) is 4.90 Å². The first-order valence-corrected chi connectivity index (χ1v) is 5.17. The fraction of sp³-hybridized carbons (Fsp3) is 0.571. The van der Waals surface area contributed by atoms with Crippen LogP contribution in [0, 0.1) is 5.41 Å². The molecule has 7 heteroatoms. The van der Waals surface area contributed by atoms with Crippen LogP contribution in [0.3, 0.4) is 0 Å². The van der Waals surface area contributed by atoms with Gasteiger partial charge in [0.15, 0.2) is 11.1 Å². The normalized spacial score (nSPS) is 14.4. The number of amidine groups is 1. The van der Waals surface area contributed by atoms with E-state index in [2.05, 4.69) is 4.99 Å². The van der Waals surface area contributed by atoms with Crippen LogP contribution in [0.5, 0.6) is 0 Å². The van der Waals surface area contributed by atoms with Gasteiger partial charge in [-0.1, -0.05) is 11.8 Å². The van der Waals surface area contributed by atoms with Crippen LogP contribution in [0.4, 0.5) is 0 Å². The van der Waals surface area contributed by atoms with E-state index in [4.69, 9.17) is 16.9 Å². The first kappa shape index (κ1) is 10.8. The number of nitrogens with zero attached hydrogens (tertiary/aromatic N) is 2. The molecule has 6 nitrogen and oxygen atoms in total. The van der Waals surface area contributed by atoms with Crippen molar-refractivity contribution in [3.05, 3.63) is 0 Å². The maximum absolute atomic E-state index is 11.3. The van der Waals surface area contributed by atoms with Crippen LogP contribution in [-0.2, 0) is 4.79 Å². The third kappa shape index (κ3) is 3.25. The summed E-state index contributed by atoms with van der Waals surface area (Å²) >= 11 is 1.04. The van der Waals surface area contributed by atoms with Gasteiger partial charge >= 0.3 is 0 Å². The van der Waals surface area contributed by atoms with Gasteiger partial charge in [-0.25, -0.2) is 0 Å². The van der Waals surface area contributed by atoms with Crippen LogP contribution in [0.2, 0.25) is 0 Å². The largest absolute Gasteiger partial charge is 0.370 e. The van der Waals surface area contributed by atoms with Gasteiger partial charge in [-0.3, -0.25) is 10.2 Å².